The van der Waals surface area contributed by atoms with Crippen LogP contribution in [0.25, 0.3) is 0 Å². The fraction of sp³-hybridized carbons (Fsp3) is 0.778. The van der Waals surface area contributed by atoms with Gasteiger partial charge in [-0.2, -0.15) is 0 Å². The van der Waals surface area contributed by atoms with Crippen molar-refractivity contribution in [3.63, 3.8) is 0 Å². The van der Waals surface area contributed by atoms with E-state index in [9.17, 15) is 0 Å². The molecule has 0 aliphatic heterocycles. The Bertz CT molecular complexity index is 257. The summed E-state index contributed by atoms with van der Waals surface area (Å²) in [6, 6.07) is 0.550. The first-order chi connectivity index (χ1) is 6.88. The largest absolute Gasteiger partial charge is 0.381 e. The zero-order valence-corrected chi connectivity index (χ0v) is 9.09. The van der Waals surface area contributed by atoms with Crippen LogP contribution in [-0.4, -0.2) is 29.5 Å². The van der Waals surface area contributed by atoms with Crippen LogP contribution in [0, 0.1) is 0 Å². The molecule has 0 spiro atoms. The molecule has 1 aromatic rings. The van der Waals surface area contributed by atoms with E-state index in [-0.39, 0.29) is 0 Å². The van der Waals surface area contributed by atoms with Gasteiger partial charge < -0.3 is 10.1 Å². The lowest BCUT2D eigenvalue weighted by Gasteiger charge is -2.27. The quantitative estimate of drug-likeness (QED) is 0.833. The highest BCUT2D eigenvalue weighted by Crippen LogP contribution is 2.23. The van der Waals surface area contributed by atoms with Crippen molar-refractivity contribution < 1.29 is 4.74 Å². The smallest absolute Gasteiger partial charge is 0.205 e. The zero-order valence-electron chi connectivity index (χ0n) is 8.27. The number of methoxy groups -OCH3 is 1. The Kier molecular flexibility index (Phi) is 3.31. The number of hydrogen-bond acceptors (Lipinski definition) is 5. The van der Waals surface area contributed by atoms with E-state index < -0.39 is 0 Å². The highest BCUT2D eigenvalue weighted by Gasteiger charge is 2.20. The second kappa shape index (κ2) is 4.70. The summed E-state index contributed by atoms with van der Waals surface area (Å²) in [5.74, 6) is 0. The van der Waals surface area contributed by atoms with E-state index in [0.717, 1.165) is 30.8 Å². The topological polar surface area (TPSA) is 47.0 Å². The minimum Gasteiger partial charge on any atom is -0.381 e. The lowest BCUT2D eigenvalue weighted by atomic mass is 9.93. The van der Waals surface area contributed by atoms with E-state index >= 15 is 0 Å². The molecule has 1 saturated carbocycles. The Hall–Kier alpha value is -0.680. The number of nitrogens with one attached hydrogen (secondary N) is 1. The molecule has 1 fully saturated rings. The monoisotopic (exact) mass is 213 g/mol. The first-order valence-electron chi connectivity index (χ1n) is 4.94. The molecule has 0 bridgehead atoms. The number of anilines is 1. The summed E-state index contributed by atoms with van der Waals surface area (Å²) >= 11 is 1.56. The number of hydrogen-bond donors (Lipinski definition) is 1. The second-order valence-electron chi connectivity index (χ2n) is 3.60. The average Bonchev–Trinajstić information content (AvgIpc) is 2.72. The van der Waals surface area contributed by atoms with Crippen LogP contribution in [0.15, 0.2) is 5.51 Å². The highest BCUT2D eigenvalue weighted by molar-refractivity contribution is 7.13. The van der Waals surface area contributed by atoms with E-state index in [1.54, 1.807) is 24.0 Å². The summed E-state index contributed by atoms with van der Waals surface area (Å²) in [6.07, 6.45) is 5.08. The molecule has 14 heavy (non-hydrogen) atoms. The molecule has 1 aromatic heterocycles. The van der Waals surface area contributed by atoms with E-state index in [2.05, 4.69) is 15.5 Å². The average molecular weight is 213 g/mol. The molecule has 2 rings (SSSR count). The van der Waals surface area contributed by atoms with Gasteiger partial charge in [0, 0.05) is 13.2 Å². The van der Waals surface area contributed by atoms with Crippen LogP contribution in [0.4, 0.5) is 5.13 Å². The Morgan fingerprint density at radius 1 is 1.43 bits per heavy atom. The summed E-state index contributed by atoms with van der Waals surface area (Å²) in [5, 5.41) is 12.1. The molecule has 4 nitrogen and oxygen atoms in total. The van der Waals surface area contributed by atoms with Gasteiger partial charge in [-0.25, -0.2) is 0 Å². The van der Waals surface area contributed by atoms with Crippen LogP contribution in [0.1, 0.15) is 25.7 Å². The molecule has 0 unspecified atom stereocenters. The maximum absolute atomic E-state index is 5.32. The third-order valence-electron chi connectivity index (χ3n) is 2.70. The molecule has 1 aliphatic rings. The fourth-order valence-electron chi connectivity index (χ4n) is 1.85. The van der Waals surface area contributed by atoms with Crippen LogP contribution in [-0.2, 0) is 4.74 Å². The SMILES string of the molecule is COC1CCC(Nc2nncs2)CC1. The highest BCUT2D eigenvalue weighted by atomic mass is 32.1. The minimum atomic E-state index is 0.461. The van der Waals surface area contributed by atoms with Gasteiger partial charge in [-0.3, -0.25) is 0 Å². The number of aromatic nitrogens is 2. The number of nitrogens with zero attached hydrogens (tertiary/aromatic N) is 2. The van der Waals surface area contributed by atoms with Crippen molar-refractivity contribution in [2.45, 2.75) is 37.8 Å². The molecular formula is C9H15N3OS. The van der Waals surface area contributed by atoms with Crippen molar-refractivity contribution in [1.29, 1.82) is 0 Å². The van der Waals surface area contributed by atoms with Crippen molar-refractivity contribution >= 4 is 16.5 Å². The summed E-state index contributed by atoms with van der Waals surface area (Å²) in [5.41, 5.74) is 1.75. The van der Waals surface area contributed by atoms with Gasteiger partial charge in [0.25, 0.3) is 0 Å². The third-order valence-corrected chi connectivity index (χ3v) is 3.32. The number of rotatable bonds is 3. The molecule has 5 heteroatoms. The molecule has 0 amide bonds. The van der Waals surface area contributed by atoms with E-state index in [1.807, 2.05) is 0 Å². The van der Waals surface area contributed by atoms with Gasteiger partial charge >= 0.3 is 0 Å². The molecule has 1 N–H and O–H groups in total. The van der Waals surface area contributed by atoms with Crippen molar-refractivity contribution in [1.82, 2.24) is 10.2 Å². The molecule has 78 valence electrons. The van der Waals surface area contributed by atoms with Crippen LogP contribution >= 0.6 is 11.3 Å². The van der Waals surface area contributed by atoms with Crippen LogP contribution in [0.3, 0.4) is 0 Å². The Labute approximate surface area is 87.7 Å². The summed E-state index contributed by atoms with van der Waals surface area (Å²) in [6.45, 7) is 0. The normalized spacial score (nSPS) is 27.5. The van der Waals surface area contributed by atoms with Gasteiger partial charge in [0.2, 0.25) is 5.13 Å². The maximum atomic E-state index is 5.32. The third kappa shape index (κ3) is 2.42. The van der Waals surface area contributed by atoms with Crippen molar-refractivity contribution in [2.24, 2.45) is 0 Å². The predicted octanol–water partition coefficient (Wildman–Crippen LogP) is 1.91. The van der Waals surface area contributed by atoms with Crippen LogP contribution in [0.2, 0.25) is 0 Å². The lowest BCUT2D eigenvalue weighted by Crippen LogP contribution is -2.29. The van der Waals surface area contributed by atoms with E-state index in [1.165, 1.54) is 0 Å². The van der Waals surface area contributed by atoms with Gasteiger partial charge in [0.05, 0.1) is 6.10 Å². The van der Waals surface area contributed by atoms with Gasteiger partial charge in [-0.1, -0.05) is 11.3 Å². The Balaban J connectivity index is 1.79. The molecule has 0 radical (unpaired) electrons. The summed E-state index contributed by atoms with van der Waals surface area (Å²) < 4.78 is 5.32. The summed E-state index contributed by atoms with van der Waals surface area (Å²) in [4.78, 5) is 0. The molecule has 1 aliphatic carbocycles. The fourth-order valence-corrected chi connectivity index (χ4v) is 2.38. The maximum Gasteiger partial charge on any atom is 0.205 e. The van der Waals surface area contributed by atoms with Gasteiger partial charge in [0.15, 0.2) is 0 Å². The van der Waals surface area contributed by atoms with E-state index in [4.69, 9.17) is 4.74 Å². The molecular weight excluding hydrogens is 198 g/mol. The van der Waals surface area contributed by atoms with Crippen LogP contribution in [0.5, 0.6) is 0 Å². The Morgan fingerprint density at radius 3 is 2.79 bits per heavy atom. The minimum absolute atomic E-state index is 0.461. The van der Waals surface area contributed by atoms with Crippen molar-refractivity contribution in [3.8, 4) is 0 Å². The second-order valence-corrected chi connectivity index (χ2v) is 4.43. The van der Waals surface area contributed by atoms with Crippen LogP contribution < -0.4 is 5.32 Å². The first kappa shape index (κ1) is 9.86. The van der Waals surface area contributed by atoms with Crippen molar-refractivity contribution in [2.75, 3.05) is 12.4 Å². The molecule has 0 aromatic carbocycles. The molecule has 1 heterocycles. The zero-order chi connectivity index (χ0) is 9.80. The summed E-state index contributed by atoms with van der Waals surface area (Å²) in [7, 11) is 1.79. The van der Waals surface area contributed by atoms with E-state index in [0.29, 0.717) is 12.1 Å². The molecule has 0 saturated heterocycles. The first-order valence-corrected chi connectivity index (χ1v) is 5.82. The Morgan fingerprint density at radius 2 is 2.21 bits per heavy atom. The standard InChI is InChI=1S/C9H15N3OS/c1-13-8-4-2-7(3-5-8)11-9-12-10-6-14-9/h6-8H,2-5H2,1H3,(H,11,12). The van der Waals surface area contributed by atoms with Gasteiger partial charge in [-0.15, -0.1) is 10.2 Å². The lowest BCUT2D eigenvalue weighted by molar-refractivity contribution is 0.0682. The predicted molar refractivity (Wildman–Crippen MR) is 56.6 cm³/mol. The van der Waals surface area contributed by atoms with Crippen molar-refractivity contribution in [3.05, 3.63) is 5.51 Å². The van der Waals surface area contributed by atoms with Gasteiger partial charge in [0.1, 0.15) is 5.51 Å². The molecule has 0 atom stereocenters. The van der Waals surface area contributed by atoms with Gasteiger partial charge in [-0.05, 0) is 25.7 Å². The number of ether oxygens (including phenoxy) is 1.